The molecule has 0 bridgehead atoms. The molecule has 3 unspecified atom stereocenters. The number of carbonyl (C=O) groups is 4. The first-order chi connectivity index (χ1) is 11.4. The van der Waals surface area contributed by atoms with E-state index in [1.54, 1.807) is 0 Å². The number of hydrogen-bond acceptors (Lipinski definition) is 7. The molecule has 0 aromatic heterocycles. The van der Waals surface area contributed by atoms with Crippen LogP contribution in [0.1, 0.15) is 12.8 Å². The second-order valence-electron chi connectivity index (χ2n) is 5.25. The summed E-state index contributed by atoms with van der Waals surface area (Å²) < 4.78 is 0. The molecule has 10 nitrogen and oxygen atoms in total. The third-order valence-corrected chi connectivity index (χ3v) is 3.79. The summed E-state index contributed by atoms with van der Waals surface area (Å²) in [4.78, 5) is 46.2. The fraction of sp³-hybridized carbons (Fsp3) is 0.692. The van der Waals surface area contributed by atoms with Crippen molar-refractivity contribution in [3.05, 3.63) is 0 Å². The van der Waals surface area contributed by atoms with Crippen LogP contribution in [0.15, 0.2) is 0 Å². The first kappa shape index (κ1) is 20.2. The largest absolute Gasteiger partial charge is 0.480 e. The first-order valence-electron chi connectivity index (χ1n) is 7.44. The van der Waals surface area contributed by atoms with Crippen LogP contribution >= 0.6 is 12.6 Å². The summed E-state index contributed by atoms with van der Waals surface area (Å²) in [5, 5.41) is 27.5. The molecule has 1 heterocycles. The van der Waals surface area contributed by atoms with E-state index in [0.717, 1.165) is 13.0 Å². The maximum atomic E-state index is 12.1. The number of carboxylic acid groups (broad SMARTS) is 1. The van der Waals surface area contributed by atoms with Crippen molar-refractivity contribution in [2.24, 2.45) is 0 Å². The van der Waals surface area contributed by atoms with Crippen LogP contribution in [0, 0.1) is 0 Å². The summed E-state index contributed by atoms with van der Waals surface area (Å²) in [6.45, 7) is -0.619. The number of hydrogen-bond donors (Lipinski definition) is 7. The van der Waals surface area contributed by atoms with Crippen LogP contribution < -0.4 is 21.3 Å². The molecule has 1 saturated heterocycles. The molecule has 0 aromatic carbocycles. The van der Waals surface area contributed by atoms with Gasteiger partial charge in [0.25, 0.3) is 0 Å². The number of carbonyl (C=O) groups excluding carboxylic acids is 3. The zero-order valence-electron chi connectivity index (χ0n) is 12.9. The highest BCUT2D eigenvalue weighted by atomic mass is 32.1. The zero-order valence-corrected chi connectivity index (χ0v) is 13.8. The van der Waals surface area contributed by atoms with Crippen LogP contribution in [0.25, 0.3) is 0 Å². The van der Waals surface area contributed by atoms with Gasteiger partial charge >= 0.3 is 5.97 Å². The van der Waals surface area contributed by atoms with E-state index in [4.69, 9.17) is 5.11 Å². The van der Waals surface area contributed by atoms with Gasteiger partial charge in [0, 0.05) is 5.75 Å². The fourth-order valence-electron chi connectivity index (χ4n) is 2.13. The van der Waals surface area contributed by atoms with Gasteiger partial charge < -0.3 is 31.5 Å². The van der Waals surface area contributed by atoms with E-state index in [0.29, 0.717) is 6.42 Å². The highest BCUT2D eigenvalue weighted by molar-refractivity contribution is 7.80. The lowest BCUT2D eigenvalue weighted by Gasteiger charge is -2.22. The van der Waals surface area contributed by atoms with Crippen LogP contribution in [-0.4, -0.2) is 77.5 Å². The number of nitrogens with one attached hydrogen (secondary N) is 4. The van der Waals surface area contributed by atoms with Crippen molar-refractivity contribution >= 4 is 36.3 Å². The van der Waals surface area contributed by atoms with Crippen molar-refractivity contribution in [2.45, 2.75) is 31.0 Å². The van der Waals surface area contributed by atoms with Crippen LogP contribution in [-0.2, 0) is 19.2 Å². The van der Waals surface area contributed by atoms with E-state index in [-0.39, 0.29) is 17.7 Å². The van der Waals surface area contributed by atoms with Crippen molar-refractivity contribution in [1.29, 1.82) is 0 Å². The molecule has 3 atom stereocenters. The maximum Gasteiger partial charge on any atom is 0.322 e. The lowest BCUT2D eigenvalue weighted by atomic mass is 10.2. The van der Waals surface area contributed by atoms with E-state index in [1.807, 2.05) is 0 Å². The molecular formula is C13H22N4O6S. The van der Waals surface area contributed by atoms with Gasteiger partial charge in [-0.05, 0) is 19.4 Å². The van der Waals surface area contributed by atoms with Gasteiger partial charge in [-0.2, -0.15) is 12.6 Å². The number of aliphatic hydroxyl groups is 1. The molecule has 0 aliphatic carbocycles. The Balaban J connectivity index is 2.55. The highest BCUT2D eigenvalue weighted by Gasteiger charge is 2.29. The van der Waals surface area contributed by atoms with Crippen LogP contribution in [0.5, 0.6) is 0 Å². The number of amides is 3. The molecule has 0 aromatic rings. The van der Waals surface area contributed by atoms with Gasteiger partial charge in [-0.15, -0.1) is 0 Å². The Kier molecular flexibility index (Phi) is 8.50. The number of carboxylic acids is 1. The SMILES string of the molecule is O=C(O)CNC(=O)C(CO)NC(=O)C(CS)NC(=O)C1CCCN1. The van der Waals surface area contributed by atoms with E-state index in [2.05, 4.69) is 33.9 Å². The summed E-state index contributed by atoms with van der Waals surface area (Å²) in [7, 11) is 0. The van der Waals surface area contributed by atoms with Crippen molar-refractivity contribution < 1.29 is 29.4 Å². The molecular weight excluding hydrogens is 340 g/mol. The quantitative estimate of drug-likeness (QED) is 0.213. The minimum Gasteiger partial charge on any atom is -0.480 e. The van der Waals surface area contributed by atoms with Gasteiger partial charge in [-0.3, -0.25) is 19.2 Å². The molecule has 0 radical (unpaired) electrons. The van der Waals surface area contributed by atoms with Crippen LogP contribution in [0.4, 0.5) is 0 Å². The average molecular weight is 362 g/mol. The highest BCUT2D eigenvalue weighted by Crippen LogP contribution is 2.05. The molecule has 11 heteroatoms. The normalized spacial score (nSPS) is 19.2. The number of aliphatic hydroxyl groups excluding tert-OH is 1. The Morgan fingerprint density at radius 3 is 2.38 bits per heavy atom. The average Bonchev–Trinajstić information content (AvgIpc) is 3.09. The smallest absolute Gasteiger partial charge is 0.322 e. The van der Waals surface area contributed by atoms with E-state index in [9.17, 15) is 24.3 Å². The van der Waals surface area contributed by atoms with Gasteiger partial charge in [-0.25, -0.2) is 0 Å². The molecule has 3 amide bonds. The van der Waals surface area contributed by atoms with E-state index in [1.165, 1.54) is 0 Å². The molecule has 1 fully saturated rings. The number of aliphatic carboxylic acids is 1. The summed E-state index contributed by atoms with van der Waals surface area (Å²) >= 11 is 4.01. The first-order valence-corrected chi connectivity index (χ1v) is 8.07. The Morgan fingerprint density at radius 1 is 1.17 bits per heavy atom. The van der Waals surface area contributed by atoms with Gasteiger partial charge in [0.1, 0.15) is 18.6 Å². The van der Waals surface area contributed by atoms with Crippen molar-refractivity contribution in [2.75, 3.05) is 25.4 Å². The zero-order chi connectivity index (χ0) is 18.1. The lowest BCUT2D eigenvalue weighted by molar-refractivity contribution is -0.138. The minimum absolute atomic E-state index is 0.000807. The summed E-state index contributed by atoms with van der Waals surface area (Å²) in [5.74, 6) is -3.12. The Labute approximate surface area is 144 Å². The molecule has 0 saturated carbocycles. The maximum absolute atomic E-state index is 12.1. The summed E-state index contributed by atoms with van der Waals surface area (Å²) in [6.07, 6.45) is 1.54. The third-order valence-electron chi connectivity index (χ3n) is 3.42. The predicted octanol–water partition coefficient (Wildman–Crippen LogP) is -3.17. The monoisotopic (exact) mass is 362 g/mol. The van der Waals surface area contributed by atoms with Gasteiger partial charge in [0.15, 0.2) is 0 Å². The molecule has 1 aliphatic heterocycles. The molecule has 1 rings (SSSR count). The van der Waals surface area contributed by atoms with Crippen molar-refractivity contribution in [3.8, 4) is 0 Å². The summed E-state index contributed by atoms with van der Waals surface area (Å²) in [5.41, 5.74) is 0. The Hall–Kier alpha value is -1.85. The minimum atomic E-state index is -1.32. The van der Waals surface area contributed by atoms with Gasteiger partial charge in [0.05, 0.1) is 12.6 Å². The molecule has 0 spiro atoms. The Morgan fingerprint density at radius 2 is 1.88 bits per heavy atom. The molecule has 6 N–H and O–H groups in total. The number of rotatable bonds is 9. The van der Waals surface area contributed by atoms with Crippen LogP contribution in [0.3, 0.4) is 0 Å². The second kappa shape index (κ2) is 10.1. The fourth-order valence-corrected chi connectivity index (χ4v) is 2.38. The molecule has 1 aliphatic rings. The lowest BCUT2D eigenvalue weighted by Crippen LogP contribution is -2.57. The third kappa shape index (κ3) is 6.34. The van der Waals surface area contributed by atoms with Crippen molar-refractivity contribution in [1.82, 2.24) is 21.3 Å². The molecule has 136 valence electrons. The second-order valence-corrected chi connectivity index (χ2v) is 5.61. The van der Waals surface area contributed by atoms with Crippen molar-refractivity contribution in [3.63, 3.8) is 0 Å². The van der Waals surface area contributed by atoms with Gasteiger partial charge in [0.2, 0.25) is 17.7 Å². The molecule has 24 heavy (non-hydrogen) atoms. The predicted molar refractivity (Wildman–Crippen MR) is 86.5 cm³/mol. The standard InChI is InChI=1S/C13H22N4O6S/c18-5-8(11(21)15-4-10(19)20)16-13(23)9(6-24)17-12(22)7-2-1-3-14-7/h7-9,14,18,24H,1-6H2,(H,15,21)(H,16,23)(H,17,22)(H,19,20). The number of thiol groups is 1. The summed E-state index contributed by atoms with van der Waals surface area (Å²) in [6, 6.07) is -2.67. The van der Waals surface area contributed by atoms with E-state index < -0.39 is 43.0 Å². The topological polar surface area (TPSA) is 157 Å². The van der Waals surface area contributed by atoms with Crippen LogP contribution in [0.2, 0.25) is 0 Å². The van der Waals surface area contributed by atoms with Gasteiger partial charge in [-0.1, -0.05) is 0 Å². The Bertz CT molecular complexity index is 483. The van der Waals surface area contributed by atoms with E-state index >= 15 is 0 Å².